The maximum atomic E-state index is 9.14. The third-order valence-corrected chi connectivity index (χ3v) is 3.84. The van der Waals surface area contributed by atoms with Crippen molar-refractivity contribution >= 4 is 0 Å². The molecule has 98 valence electrons. The molecule has 2 aliphatic heterocycles. The lowest BCUT2D eigenvalue weighted by Gasteiger charge is -2.31. The first-order valence-electron chi connectivity index (χ1n) is 6.57. The first-order chi connectivity index (χ1) is 8.86. The van der Waals surface area contributed by atoms with Crippen LogP contribution in [0.5, 0.6) is 11.5 Å². The first-order valence-corrected chi connectivity index (χ1v) is 6.57. The summed E-state index contributed by atoms with van der Waals surface area (Å²) in [5, 5.41) is 9.14. The van der Waals surface area contributed by atoms with E-state index in [9.17, 15) is 0 Å². The van der Waals surface area contributed by atoms with Crippen LogP contribution in [-0.4, -0.2) is 36.5 Å². The molecule has 4 nitrogen and oxygen atoms in total. The number of ether oxygens (including phenoxy) is 2. The molecule has 0 unspecified atom stereocenters. The van der Waals surface area contributed by atoms with E-state index in [1.54, 1.807) is 0 Å². The average Bonchev–Trinajstić information content (AvgIpc) is 2.89. The molecule has 0 atom stereocenters. The number of rotatable bonds is 3. The van der Waals surface area contributed by atoms with Gasteiger partial charge in [0, 0.05) is 18.7 Å². The van der Waals surface area contributed by atoms with E-state index in [4.69, 9.17) is 14.6 Å². The minimum Gasteiger partial charge on any atom is -0.454 e. The monoisotopic (exact) mass is 249 g/mol. The van der Waals surface area contributed by atoms with Crippen molar-refractivity contribution in [1.29, 1.82) is 0 Å². The van der Waals surface area contributed by atoms with Crippen molar-refractivity contribution in [2.75, 3.05) is 26.5 Å². The zero-order chi connectivity index (χ0) is 12.4. The summed E-state index contributed by atoms with van der Waals surface area (Å²) in [7, 11) is 0. The number of hydrogen-bond donors (Lipinski definition) is 1. The van der Waals surface area contributed by atoms with Crippen molar-refractivity contribution < 1.29 is 14.6 Å². The number of aliphatic hydroxyl groups excluding tert-OH is 1. The summed E-state index contributed by atoms with van der Waals surface area (Å²) in [6.45, 7) is 3.67. The summed E-state index contributed by atoms with van der Waals surface area (Å²) in [4.78, 5) is 2.42. The number of para-hydroxylation sites is 1. The fraction of sp³-hybridized carbons (Fsp3) is 0.571. The van der Waals surface area contributed by atoms with Crippen LogP contribution in [0.25, 0.3) is 0 Å². The number of benzene rings is 1. The standard InChI is InChI=1S/C14H19NO3/c16-9-11-4-6-15(7-5-11)8-12-2-1-3-13-14(12)18-10-17-13/h1-3,11,16H,4-10H2. The molecule has 1 N–H and O–H groups in total. The van der Waals surface area contributed by atoms with Gasteiger partial charge in [0.25, 0.3) is 0 Å². The van der Waals surface area contributed by atoms with Gasteiger partial charge in [-0.05, 0) is 37.9 Å². The lowest BCUT2D eigenvalue weighted by molar-refractivity contribution is 0.126. The molecule has 0 radical (unpaired) electrons. The number of aliphatic hydroxyl groups is 1. The van der Waals surface area contributed by atoms with Gasteiger partial charge in [0.05, 0.1) is 0 Å². The highest BCUT2D eigenvalue weighted by Gasteiger charge is 2.22. The van der Waals surface area contributed by atoms with Gasteiger partial charge in [-0.25, -0.2) is 0 Å². The van der Waals surface area contributed by atoms with Crippen LogP contribution in [0, 0.1) is 5.92 Å². The van der Waals surface area contributed by atoms with Gasteiger partial charge in [0.1, 0.15) is 0 Å². The van der Waals surface area contributed by atoms with Gasteiger partial charge >= 0.3 is 0 Å². The number of fused-ring (bicyclic) bond motifs is 1. The summed E-state index contributed by atoms with van der Waals surface area (Å²) in [5.74, 6) is 2.25. The smallest absolute Gasteiger partial charge is 0.231 e. The first kappa shape index (κ1) is 11.8. The molecule has 1 fully saturated rings. The molecule has 2 aliphatic rings. The second kappa shape index (κ2) is 5.16. The third kappa shape index (κ3) is 2.31. The number of nitrogens with zero attached hydrogens (tertiary/aromatic N) is 1. The maximum absolute atomic E-state index is 9.14. The van der Waals surface area contributed by atoms with Gasteiger partial charge in [-0.15, -0.1) is 0 Å². The lowest BCUT2D eigenvalue weighted by atomic mass is 9.97. The second-order valence-corrected chi connectivity index (χ2v) is 5.05. The van der Waals surface area contributed by atoms with Gasteiger partial charge in [-0.3, -0.25) is 4.90 Å². The molecule has 0 amide bonds. The molecule has 1 saturated heterocycles. The van der Waals surface area contributed by atoms with Crippen LogP contribution in [0.1, 0.15) is 18.4 Å². The maximum Gasteiger partial charge on any atom is 0.231 e. The zero-order valence-corrected chi connectivity index (χ0v) is 10.5. The normalized spacial score (nSPS) is 20.3. The largest absolute Gasteiger partial charge is 0.454 e. The molecule has 0 saturated carbocycles. The quantitative estimate of drug-likeness (QED) is 0.884. The Labute approximate surface area is 107 Å². The predicted molar refractivity (Wildman–Crippen MR) is 67.7 cm³/mol. The van der Waals surface area contributed by atoms with E-state index in [2.05, 4.69) is 11.0 Å². The van der Waals surface area contributed by atoms with Crippen LogP contribution in [0.4, 0.5) is 0 Å². The molecule has 1 aromatic rings. The Bertz CT molecular complexity index is 414. The molecule has 4 heteroatoms. The van der Waals surface area contributed by atoms with Gasteiger partial charge in [-0.1, -0.05) is 12.1 Å². The van der Waals surface area contributed by atoms with Crippen molar-refractivity contribution in [3.63, 3.8) is 0 Å². The number of hydrogen-bond acceptors (Lipinski definition) is 4. The molecule has 3 rings (SSSR count). The predicted octanol–water partition coefficient (Wildman–Crippen LogP) is 1.62. The second-order valence-electron chi connectivity index (χ2n) is 5.05. The Balaban J connectivity index is 1.65. The van der Waals surface area contributed by atoms with Gasteiger partial charge in [0.2, 0.25) is 6.79 Å². The minimum absolute atomic E-state index is 0.325. The Hall–Kier alpha value is -1.26. The number of likely N-dealkylation sites (tertiary alicyclic amines) is 1. The molecule has 18 heavy (non-hydrogen) atoms. The van der Waals surface area contributed by atoms with E-state index in [0.29, 0.717) is 19.3 Å². The fourth-order valence-corrected chi connectivity index (χ4v) is 2.68. The molecule has 0 spiro atoms. The highest BCUT2D eigenvalue weighted by molar-refractivity contribution is 5.48. The Morgan fingerprint density at radius 3 is 2.83 bits per heavy atom. The fourth-order valence-electron chi connectivity index (χ4n) is 2.68. The van der Waals surface area contributed by atoms with E-state index < -0.39 is 0 Å². The molecular weight excluding hydrogens is 230 g/mol. The highest BCUT2D eigenvalue weighted by atomic mass is 16.7. The number of piperidine rings is 1. The van der Waals surface area contributed by atoms with Crippen LogP contribution < -0.4 is 9.47 Å². The van der Waals surface area contributed by atoms with Gasteiger partial charge in [-0.2, -0.15) is 0 Å². The Morgan fingerprint density at radius 2 is 2.06 bits per heavy atom. The SMILES string of the molecule is OCC1CCN(Cc2cccc3c2OCO3)CC1. The Kier molecular flexibility index (Phi) is 3.39. The van der Waals surface area contributed by atoms with E-state index in [-0.39, 0.29) is 0 Å². The van der Waals surface area contributed by atoms with Crippen LogP contribution >= 0.6 is 0 Å². The van der Waals surface area contributed by atoms with Crippen molar-refractivity contribution in [2.45, 2.75) is 19.4 Å². The molecule has 0 bridgehead atoms. The molecule has 2 heterocycles. The summed E-state index contributed by atoms with van der Waals surface area (Å²) in [6, 6.07) is 6.07. The van der Waals surface area contributed by atoms with Crippen molar-refractivity contribution in [2.24, 2.45) is 5.92 Å². The minimum atomic E-state index is 0.325. The summed E-state index contributed by atoms with van der Waals surface area (Å²) < 4.78 is 10.9. The summed E-state index contributed by atoms with van der Waals surface area (Å²) in [5.41, 5.74) is 1.20. The average molecular weight is 249 g/mol. The van der Waals surface area contributed by atoms with E-state index >= 15 is 0 Å². The van der Waals surface area contributed by atoms with Crippen LogP contribution in [-0.2, 0) is 6.54 Å². The van der Waals surface area contributed by atoms with Crippen molar-refractivity contribution in [3.8, 4) is 11.5 Å². The highest BCUT2D eigenvalue weighted by Crippen LogP contribution is 2.36. The van der Waals surface area contributed by atoms with Crippen LogP contribution in [0.2, 0.25) is 0 Å². The van der Waals surface area contributed by atoms with E-state index in [0.717, 1.165) is 44.0 Å². The van der Waals surface area contributed by atoms with E-state index in [1.165, 1.54) is 5.56 Å². The molecule has 0 aromatic heterocycles. The summed E-state index contributed by atoms with van der Waals surface area (Å²) >= 11 is 0. The van der Waals surface area contributed by atoms with Crippen molar-refractivity contribution in [1.82, 2.24) is 4.90 Å². The van der Waals surface area contributed by atoms with Gasteiger partial charge in [0.15, 0.2) is 11.5 Å². The van der Waals surface area contributed by atoms with E-state index in [1.807, 2.05) is 12.1 Å². The topological polar surface area (TPSA) is 41.9 Å². The third-order valence-electron chi connectivity index (χ3n) is 3.84. The lowest BCUT2D eigenvalue weighted by Crippen LogP contribution is -2.34. The zero-order valence-electron chi connectivity index (χ0n) is 10.5. The molecule has 0 aliphatic carbocycles. The molecule has 1 aromatic carbocycles. The Morgan fingerprint density at radius 1 is 1.22 bits per heavy atom. The van der Waals surface area contributed by atoms with Gasteiger partial charge < -0.3 is 14.6 Å². The molecular formula is C14H19NO3. The van der Waals surface area contributed by atoms with Crippen molar-refractivity contribution in [3.05, 3.63) is 23.8 Å². The van der Waals surface area contributed by atoms with Crippen LogP contribution in [0.3, 0.4) is 0 Å². The summed E-state index contributed by atoms with van der Waals surface area (Å²) in [6.07, 6.45) is 2.17. The van der Waals surface area contributed by atoms with Crippen LogP contribution in [0.15, 0.2) is 18.2 Å².